The quantitative estimate of drug-likeness (QED) is 0.709. The number of ether oxygens (including phenoxy) is 1. The molecule has 1 amide bonds. The number of benzene rings is 2. The largest absolute Gasteiger partial charge is 0.378 e. The van der Waals surface area contributed by atoms with Crippen LogP contribution in [0.1, 0.15) is 10.4 Å². The van der Waals surface area contributed by atoms with Gasteiger partial charge in [-0.3, -0.25) is 4.79 Å². The number of nitrogens with one attached hydrogen (secondary N) is 2. The van der Waals surface area contributed by atoms with Gasteiger partial charge in [0.1, 0.15) is 5.82 Å². The minimum absolute atomic E-state index is 0.168. The number of amides is 1. The number of carbonyl (C=O) groups is 1. The minimum atomic E-state index is -0.168. The Morgan fingerprint density at radius 1 is 0.964 bits per heavy atom. The van der Waals surface area contributed by atoms with Gasteiger partial charge < -0.3 is 20.3 Å². The molecule has 0 bridgehead atoms. The Morgan fingerprint density at radius 3 is 2.54 bits per heavy atom. The average Bonchev–Trinajstić information content (AvgIpc) is 2.76. The van der Waals surface area contributed by atoms with E-state index in [0.29, 0.717) is 11.4 Å². The molecule has 0 spiro atoms. The van der Waals surface area contributed by atoms with Crippen LogP contribution in [0.15, 0.2) is 72.9 Å². The van der Waals surface area contributed by atoms with Crippen molar-refractivity contribution in [3.05, 3.63) is 78.5 Å². The second kappa shape index (κ2) is 8.54. The summed E-state index contributed by atoms with van der Waals surface area (Å²) in [7, 11) is 0. The van der Waals surface area contributed by atoms with Gasteiger partial charge in [0.05, 0.1) is 24.6 Å². The molecule has 28 heavy (non-hydrogen) atoms. The van der Waals surface area contributed by atoms with Gasteiger partial charge in [0.25, 0.3) is 5.91 Å². The average molecular weight is 374 g/mol. The number of morpholine rings is 1. The zero-order chi connectivity index (χ0) is 19.2. The summed E-state index contributed by atoms with van der Waals surface area (Å²) in [6.07, 6.45) is 1.64. The Hall–Kier alpha value is -3.38. The van der Waals surface area contributed by atoms with Crippen LogP contribution in [0.25, 0.3) is 0 Å². The third-order valence-corrected chi connectivity index (χ3v) is 4.57. The van der Waals surface area contributed by atoms with Crippen molar-refractivity contribution in [1.82, 2.24) is 4.98 Å². The lowest BCUT2D eigenvalue weighted by molar-refractivity contribution is 0.102. The molecule has 1 aliphatic rings. The summed E-state index contributed by atoms with van der Waals surface area (Å²) in [5, 5.41) is 6.25. The zero-order valence-corrected chi connectivity index (χ0v) is 15.5. The van der Waals surface area contributed by atoms with Gasteiger partial charge >= 0.3 is 0 Å². The van der Waals surface area contributed by atoms with Crippen LogP contribution in [0.3, 0.4) is 0 Å². The lowest BCUT2D eigenvalue weighted by atomic mass is 10.2. The van der Waals surface area contributed by atoms with Crippen LogP contribution < -0.4 is 15.5 Å². The van der Waals surface area contributed by atoms with E-state index >= 15 is 0 Å². The highest BCUT2D eigenvalue weighted by Gasteiger charge is 2.15. The first-order chi connectivity index (χ1) is 13.8. The molecule has 1 saturated heterocycles. The number of rotatable bonds is 5. The highest BCUT2D eigenvalue weighted by molar-refractivity contribution is 6.04. The molecule has 1 aromatic heterocycles. The van der Waals surface area contributed by atoms with Crippen LogP contribution in [-0.4, -0.2) is 37.2 Å². The van der Waals surface area contributed by atoms with Crippen molar-refractivity contribution in [3.63, 3.8) is 0 Å². The van der Waals surface area contributed by atoms with Gasteiger partial charge in [-0.15, -0.1) is 0 Å². The lowest BCUT2D eigenvalue weighted by Gasteiger charge is -2.30. The normalized spacial score (nSPS) is 13.8. The van der Waals surface area contributed by atoms with Crippen molar-refractivity contribution >= 4 is 28.8 Å². The summed E-state index contributed by atoms with van der Waals surface area (Å²) in [6.45, 7) is 3.15. The molecule has 0 saturated carbocycles. The van der Waals surface area contributed by atoms with Crippen molar-refractivity contribution in [1.29, 1.82) is 0 Å². The van der Waals surface area contributed by atoms with Crippen LogP contribution in [0.2, 0.25) is 0 Å². The summed E-state index contributed by atoms with van der Waals surface area (Å²) in [5.74, 6) is 0.458. The summed E-state index contributed by atoms with van der Waals surface area (Å²) in [6, 6.07) is 21.0. The van der Waals surface area contributed by atoms with E-state index in [4.69, 9.17) is 4.74 Å². The smallest absolute Gasteiger partial charge is 0.255 e. The summed E-state index contributed by atoms with van der Waals surface area (Å²) < 4.78 is 5.45. The van der Waals surface area contributed by atoms with Gasteiger partial charge in [-0.25, -0.2) is 4.98 Å². The number of pyridine rings is 1. The summed E-state index contributed by atoms with van der Waals surface area (Å²) >= 11 is 0. The highest BCUT2D eigenvalue weighted by atomic mass is 16.5. The topological polar surface area (TPSA) is 66.5 Å². The molecule has 2 aromatic carbocycles. The van der Waals surface area contributed by atoms with Crippen molar-refractivity contribution in [2.24, 2.45) is 0 Å². The lowest BCUT2D eigenvalue weighted by Crippen LogP contribution is -2.36. The first-order valence-corrected chi connectivity index (χ1v) is 9.31. The standard InChI is InChI=1S/C22H22N4O2/c27-22(24-18-6-2-1-3-7-18)17-10-11-23-21(16-17)25-19-8-4-5-9-20(19)26-12-14-28-15-13-26/h1-11,16H,12-15H2,(H,23,25)(H,24,27). The van der Waals surface area contributed by atoms with Crippen LogP contribution in [0, 0.1) is 0 Å². The van der Waals surface area contributed by atoms with E-state index in [9.17, 15) is 4.79 Å². The van der Waals surface area contributed by atoms with E-state index in [1.807, 2.05) is 48.5 Å². The monoisotopic (exact) mass is 374 g/mol. The summed E-state index contributed by atoms with van der Waals surface area (Å²) in [5.41, 5.74) is 3.37. The van der Waals surface area contributed by atoms with Crippen LogP contribution in [0.4, 0.5) is 22.9 Å². The van der Waals surface area contributed by atoms with Crippen molar-refractivity contribution in [3.8, 4) is 0 Å². The first kappa shape index (κ1) is 18.0. The Bertz CT molecular complexity index is 940. The fraction of sp³-hybridized carbons (Fsp3) is 0.182. The number of carbonyl (C=O) groups excluding carboxylic acids is 1. The van der Waals surface area contributed by atoms with Crippen molar-refractivity contribution in [2.75, 3.05) is 41.8 Å². The van der Waals surface area contributed by atoms with E-state index in [-0.39, 0.29) is 5.91 Å². The van der Waals surface area contributed by atoms with Gasteiger partial charge in [0.2, 0.25) is 0 Å². The second-order valence-corrected chi connectivity index (χ2v) is 6.49. The van der Waals surface area contributed by atoms with E-state index in [1.165, 1.54) is 0 Å². The number of para-hydroxylation sites is 3. The van der Waals surface area contributed by atoms with Gasteiger partial charge in [-0.05, 0) is 36.4 Å². The molecular formula is C22H22N4O2. The third kappa shape index (κ3) is 4.29. The molecule has 0 radical (unpaired) electrons. The maximum Gasteiger partial charge on any atom is 0.255 e. The summed E-state index contributed by atoms with van der Waals surface area (Å²) in [4.78, 5) is 19.2. The number of hydrogen-bond acceptors (Lipinski definition) is 5. The van der Waals surface area contributed by atoms with Crippen molar-refractivity contribution < 1.29 is 9.53 Å². The van der Waals surface area contributed by atoms with Crippen LogP contribution in [0.5, 0.6) is 0 Å². The van der Waals surface area contributed by atoms with E-state index in [0.717, 1.165) is 43.4 Å². The molecule has 3 aromatic rings. The zero-order valence-electron chi connectivity index (χ0n) is 15.5. The molecular weight excluding hydrogens is 352 g/mol. The molecule has 0 unspecified atom stereocenters. The predicted molar refractivity (Wildman–Crippen MR) is 111 cm³/mol. The van der Waals surface area contributed by atoms with Crippen LogP contribution in [-0.2, 0) is 4.74 Å². The van der Waals surface area contributed by atoms with Crippen molar-refractivity contribution in [2.45, 2.75) is 0 Å². The number of hydrogen-bond donors (Lipinski definition) is 2. The molecule has 4 rings (SSSR count). The predicted octanol–water partition coefficient (Wildman–Crippen LogP) is 3.91. The third-order valence-electron chi connectivity index (χ3n) is 4.57. The molecule has 0 aliphatic carbocycles. The molecule has 6 nitrogen and oxygen atoms in total. The fourth-order valence-corrected chi connectivity index (χ4v) is 3.16. The van der Waals surface area contributed by atoms with Gasteiger partial charge in [-0.2, -0.15) is 0 Å². The fourth-order valence-electron chi connectivity index (χ4n) is 3.16. The number of nitrogens with zero attached hydrogens (tertiary/aromatic N) is 2. The Labute approximate surface area is 164 Å². The molecule has 0 atom stereocenters. The van der Waals surface area contributed by atoms with Gasteiger partial charge in [0, 0.05) is 30.5 Å². The highest BCUT2D eigenvalue weighted by Crippen LogP contribution is 2.28. The Balaban J connectivity index is 1.52. The van der Waals surface area contributed by atoms with Crippen LogP contribution >= 0.6 is 0 Å². The number of anilines is 4. The maximum atomic E-state index is 12.5. The van der Waals surface area contributed by atoms with Gasteiger partial charge in [-0.1, -0.05) is 30.3 Å². The first-order valence-electron chi connectivity index (χ1n) is 9.31. The molecule has 2 N–H and O–H groups in total. The van der Waals surface area contributed by atoms with E-state index < -0.39 is 0 Å². The van der Waals surface area contributed by atoms with E-state index in [2.05, 4.69) is 26.6 Å². The second-order valence-electron chi connectivity index (χ2n) is 6.49. The van der Waals surface area contributed by atoms with Gasteiger partial charge in [0.15, 0.2) is 0 Å². The molecule has 2 heterocycles. The Morgan fingerprint density at radius 2 is 1.71 bits per heavy atom. The minimum Gasteiger partial charge on any atom is -0.378 e. The Kier molecular flexibility index (Phi) is 5.49. The van der Waals surface area contributed by atoms with E-state index in [1.54, 1.807) is 18.3 Å². The molecule has 1 fully saturated rings. The molecule has 142 valence electrons. The number of aromatic nitrogens is 1. The molecule has 6 heteroatoms. The molecule has 1 aliphatic heterocycles. The maximum absolute atomic E-state index is 12.5. The SMILES string of the molecule is O=C(Nc1ccccc1)c1ccnc(Nc2ccccc2N2CCOCC2)c1.